The Kier molecular flexibility index (Phi) is 3.31. The molecule has 2 aromatic rings. The van der Waals surface area contributed by atoms with Crippen molar-refractivity contribution in [1.82, 2.24) is 9.97 Å². The van der Waals surface area contributed by atoms with Gasteiger partial charge in [0.25, 0.3) is 0 Å². The van der Waals surface area contributed by atoms with Crippen molar-refractivity contribution in [2.45, 2.75) is 6.54 Å². The second kappa shape index (κ2) is 5.08. The van der Waals surface area contributed by atoms with Crippen molar-refractivity contribution in [3.63, 3.8) is 0 Å². The molecule has 0 N–H and O–H groups in total. The van der Waals surface area contributed by atoms with Gasteiger partial charge in [0.2, 0.25) is 0 Å². The largest absolute Gasteiger partial charge is 0.355 e. The van der Waals surface area contributed by atoms with E-state index in [9.17, 15) is 0 Å². The summed E-state index contributed by atoms with van der Waals surface area (Å²) in [6.07, 6.45) is 5.13. The van der Waals surface area contributed by atoms with E-state index in [2.05, 4.69) is 16.0 Å². The smallest absolute Gasteiger partial charge is 0.128 e. The number of pyridine rings is 2. The van der Waals surface area contributed by atoms with Crippen molar-refractivity contribution in [3.05, 3.63) is 54.0 Å². The van der Waals surface area contributed by atoms with Crippen LogP contribution in [0.1, 0.15) is 11.1 Å². The molecule has 0 fully saturated rings. The summed E-state index contributed by atoms with van der Waals surface area (Å²) in [4.78, 5) is 10.2. The molecule has 0 aliphatic rings. The molecular formula is C13H12N4. The fraction of sp³-hybridized carbons (Fsp3) is 0.154. The van der Waals surface area contributed by atoms with E-state index < -0.39 is 0 Å². The quantitative estimate of drug-likeness (QED) is 0.800. The minimum Gasteiger partial charge on any atom is -0.355 e. The molecule has 0 saturated carbocycles. The molecule has 0 aliphatic heterocycles. The molecule has 0 unspecified atom stereocenters. The molecule has 0 aromatic carbocycles. The number of anilines is 1. The lowest BCUT2D eigenvalue weighted by Gasteiger charge is -2.17. The SMILES string of the molecule is CN(Cc1ccncc1)c1ccc(C#N)cn1. The first-order valence-electron chi connectivity index (χ1n) is 5.26. The molecule has 4 heteroatoms. The average Bonchev–Trinajstić information content (AvgIpc) is 2.40. The maximum atomic E-state index is 8.69. The van der Waals surface area contributed by atoms with Crippen LogP contribution in [0.3, 0.4) is 0 Å². The van der Waals surface area contributed by atoms with Crippen LogP contribution in [0.25, 0.3) is 0 Å². The van der Waals surface area contributed by atoms with Gasteiger partial charge in [-0.05, 0) is 29.8 Å². The number of rotatable bonds is 3. The summed E-state index contributed by atoms with van der Waals surface area (Å²) >= 11 is 0. The molecule has 0 saturated heterocycles. The Hall–Kier alpha value is -2.41. The van der Waals surface area contributed by atoms with Gasteiger partial charge in [-0.1, -0.05) is 0 Å². The lowest BCUT2D eigenvalue weighted by Crippen LogP contribution is -2.17. The highest BCUT2D eigenvalue weighted by Crippen LogP contribution is 2.12. The molecule has 0 bridgehead atoms. The summed E-state index contributed by atoms with van der Waals surface area (Å²) in [5, 5.41) is 8.69. The molecule has 0 radical (unpaired) electrons. The maximum Gasteiger partial charge on any atom is 0.128 e. The zero-order valence-electron chi connectivity index (χ0n) is 9.54. The standard InChI is InChI=1S/C13H12N4/c1-17(10-11-4-6-15-7-5-11)13-3-2-12(8-14)9-16-13/h2-7,9H,10H2,1H3. The highest BCUT2D eigenvalue weighted by atomic mass is 15.2. The van der Waals surface area contributed by atoms with Crippen molar-refractivity contribution in [3.8, 4) is 6.07 Å². The predicted molar refractivity (Wildman–Crippen MR) is 65.3 cm³/mol. The number of nitriles is 1. The Balaban J connectivity index is 2.10. The average molecular weight is 224 g/mol. The third-order valence-corrected chi connectivity index (χ3v) is 2.44. The van der Waals surface area contributed by atoms with Crippen LogP contribution in [0.15, 0.2) is 42.9 Å². The van der Waals surface area contributed by atoms with Gasteiger partial charge in [-0.3, -0.25) is 4.98 Å². The Bertz CT molecular complexity index is 513. The van der Waals surface area contributed by atoms with E-state index in [1.165, 1.54) is 5.56 Å². The molecule has 0 amide bonds. The number of hydrogen-bond acceptors (Lipinski definition) is 4. The highest BCUT2D eigenvalue weighted by molar-refractivity contribution is 5.41. The third kappa shape index (κ3) is 2.79. The first kappa shape index (κ1) is 11.1. The number of aromatic nitrogens is 2. The van der Waals surface area contributed by atoms with Gasteiger partial charge < -0.3 is 4.90 Å². The fourth-order valence-electron chi connectivity index (χ4n) is 1.52. The van der Waals surface area contributed by atoms with Crippen LogP contribution in [0.2, 0.25) is 0 Å². The topological polar surface area (TPSA) is 52.8 Å². The van der Waals surface area contributed by atoms with Gasteiger partial charge in [-0.2, -0.15) is 5.26 Å². The van der Waals surface area contributed by atoms with Crippen LogP contribution in [0.5, 0.6) is 0 Å². The van der Waals surface area contributed by atoms with E-state index in [1.54, 1.807) is 24.7 Å². The molecule has 84 valence electrons. The fourth-order valence-corrected chi connectivity index (χ4v) is 1.52. The van der Waals surface area contributed by atoms with Crippen molar-refractivity contribution < 1.29 is 0 Å². The zero-order valence-corrected chi connectivity index (χ0v) is 9.54. The molecule has 0 spiro atoms. The summed E-state index contributed by atoms with van der Waals surface area (Å²) in [7, 11) is 1.97. The maximum absolute atomic E-state index is 8.69. The number of nitrogens with zero attached hydrogens (tertiary/aromatic N) is 4. The zero-order chi connectivity index (χ0) is 12.1. The Labute approximate surface area is 100 Å². The second-order valence-corrected chi connectivity index (χ2v) is 3.73. The van der Waals surface area contributed by atoms with Crippen LogP contribution in [-0.2, 0) is 6.54 Å². The summed E-state index contributed by atoms with van der Waals surface area (Å²) in [5.41, 5.74) is 1.75. The third-order valence-electron chi connectivity index (χ3n) is 2.44. The van der Waals surface area contributed by atoms with E-state index >= 15 is 0 Å². The first-order valence-corrected chi connectivity index (χ1v) is 5.26. The van der Waals surface area contributed by atoms with Gasteiger partial charge in [-0.15, -0.1) is 0 Å². The molecule has 2 rings (SSSR count). The highest BCUT2D eigenvalue weighted by Gasteiger charge is 2.03. The first-order chi connectivity index (χ1) is 8.29. The van der Waals surface area contributed by atoms with Crippen LogP contribution in [-0.4, -0.2) is 17.0 Å². The molecule has 0 aliphatic carbocycles. The van der Waals surface area contributed by atoms with E-state index in [1.807, 2.05) is 30.1 Å². The normalized spacial score (nSPS) is 9.65. The van der Waals surface area contributed by atoms with Gasteiger partial charge in [-0.25, -0.2) is 4.98 Å². The molecular weight excluding hydrogens is 212 g/mol. The molecule has 17 heavy (non-hydrogen) atoms. The van der Waals surface area contributed by atoms with Gasteiger partial charge >= 0.3 is 0 Å². The molecule has 2 heterocycles. The summed E-state index contributed by atoms with van der Waals surface area (Å²) in [6.45, 7) is 0.765. The lowest BCUT2D eigenvalue weighted by atomic mass is 10.2. The van der Waals surface area contributed by atoms with Gasteiger partial charge in [0.05, 0.1) is 5.56 Å². The van der Waals surface area contributed by atoms with Gasteiger partial charge in [0.15, 0.2) is 0 Å². The van der Waals surface area contributed by atoms with Crippen LogP contribution in [0, 0.1) is 11.3 Å². The molecule has 4 nitrogen and oxygen atoms in total. The minimum atomic E-state index is 0.575. The van der Waals surface area contributed by atoms with Crippen molar-refractivity contribution in [2.24, 2.45) is 0 Å². The van der Waals surface area contributed by atoms with Crippen LogP contribution < -0.4 is 4.90 Å². The van der Waals surface area contributed by atoms with Crippen molar-refractivity contribution in [2.75, 3.05) is 11.9 Å². The minimum absolute atomic E-state index is 0.575. The summed E-state index contributed by atoms with van der Waals surface area (Å²) in [5.74, 6) is 0.848. The predicted octanol–water partition coefficient (Wildman–Crippen LogP) is 1.98. The Morgan fingerprint density at radius 3 is 2.59 bits per heavy atom. The molecule has 0 atom stereocenters. The second-order valence-electron chi connectivity index (χ2n) is 3.73. The lowest BCUT2D eigenvalue weighted by molar-refractivity contribution is 0.895. The Morgan fingerprint density at radius 1 is 1.24 bits per heavy atom. The van der Waals surface area contributed by atoms with Gasteiger partial charge in [0.1, 0.15) is 11.9 Å². The van der Waals surface area contributed by atoms with Crippen LogP contribution >= 0.6 is 0 Å². The Morgan fingerprint density at radius 2 is 2.00 bits per heavy atom. The van der Waals surface area contributed by atoms with Gasteiger partial charge in [0, 0.05) is 32.2 Å². The number of hydrogen-bond donors (Lipinski definition) is 0. The molecule has 2 aromatic heterocycles. The van der Waals surface area contributed by atoms with E-state index in [-0.39, 0.29) is 0 Å². The van der Waals surface area contributed by atoms with E-state index in [0.29, 0.717) is 5.56 Å². The van der Waals surface area contributed by atoms with Crippen LogP contribution in [0.4, 0.5) is 5.82 Å². The summed E-state index contributed by atoms with van der Waals surface area (Å²) < 4.78 is 0. The summed E-state index contributed by atoms with van der Waals surface area (Å²) in [6, 6.07) is 9.61. The monoisotopic (exact) mass is 224 g/mol. The van der Waals surface area contributed by atoms with E-state index in [0.717, 1.165) is 12.4 Å². The van der Waals surface area contributed by atoms with Crippen molar-refractivity contribution >= 4 is 5.82 Å². The van der Waals surface area contributed by atoms with Crippen molar-refractivity contribution in [1.29, 1.82) is 5.26 Å². The van der Waals surface area contributed by atoms with E-state index in [4.69, 9.17) is 5.26 Å².